The lowest BCUT2D eigenvalue weighted by Crippen LogP contribution is -2.27. The van der Waals surface area contributed by atoms with Gasteiger partial charge in [-0.2, -0.15) is 0 Å². The molecule has 1 heterocycles. The number of nitrogens with one attached hydrogen (secondary N) is 1. The van der Waals surface area contributed by atoms with Crippen molar-refractivity contribution >= 4 is 34.5 Å². The van der Waals surface area contributed by atoms with Gasteiger partial charge in [-0.25, -0.2) is 4.98 Å². The van der Waals surface area contributed by atoms with Crippen molar-refractivity contribution in [2.45, 2.75) is 19.9 Å². The van der Waals surface area contributed by atoms with Crippen LogP contribution in [-0.2, 0) is 6.54 Å². The van der Waals surface area contributed by atoms with E-state index in [9.17, 15) is 4.79 Å². The Balaban J connectivity index is 2.18. The maximum atomic E-state index is 12.6. The minimum absolute atomic E-state index is 0.0656. The molecule has 0 atom stereocenters. The smallest absolute Gasteiger partial charge is 0.256 e. The average molecular weight is 324 g/mol. The van der Waals surface area contributed by atoms with Crippen molar-refractivity contribution in [2.75, 3.05) is 18.9 Å². The molecule has 2 rings (SSSR count). The van der Waals surface area contributed by atoms with Crippen molar-refractivity contribution < 1.29 is 4.79 Å². The van der Waals surface area contributed by atoms with Crippen LogP contribution in [0.2, 0.25) is 5.02 Å². The summed E-state index contributed by atoms with van der Waals surface area (Å²) >= 11 is 7.56. The Bertz CT molecular complexity index is 601. The molecule has 0 fully saturated rings. The highest BCUT2D eigenvalue weighted by atomic mass is 35.5. The summed E-state index contributed by atoms with van der Waals surface area (Å²) in [6.07, 6.45) is 0.991. The lowest BCUT2D eigenvalue weighted by molar-refractivity contribution is 0.0784. The molecule has 21 heavy (non-hydrogen) atoms. The van der Waals surface area contributed by atoms with Crippen molar-refractivity contribution in [2.24, 2.45) is 0 Å². The van der Waals surface area contributed by atoms with Gasteiger partial charge in [-0.1, -0.05) is 18.5 Å². The first-order chi connectivity index (χ1) is 10.1. The van der Waals surface area contributed by atoms with Gasteiger partial charge in [0.2, 0.25) is 0 Å². The van der Waals surface area contributed by atoms with Crippen molar-refractivity contribution in [3.8, 4) is 0 Å². The molecule has 112 valence electrons. The number of thiazole rings is 1. The summed E-state index contributed by atoms with van der Waals surface area (Å²) in [5.41, 5.74) is 4.06. The van der Waals surface area contributed by atoms with E-state index in [1.54, 1.807) is 29.6 Å². The zero-order valence-corrected chi connectivity index (χ0v) is 13.7. The van der Waals surface area contributed by atoms with E-state index in [1.807, 2.05) is 11.4 Å². The molecule has 0 saturated carbocycles. The molecule has 0 saturated heterocycles. The van der Waals surface area contributed by atoms with E-state index in [2.05, 4.69) is 17.2 Å². The van der Waals surface area contributed by atoms with Crippen LogP contribution in [0.5, 0.6) is 0 Å². The van der Waals surface area contributed by atoms with Gasteiger partial charge in [0.25, 0.3) is 5.91 Å². The first-order valence-corrected chi connectivity index (χ1v) is 8.10. The number of hydrogen-bond donors (Lipinski definition) is 1. The zero-order valence-electron chi connectivity index (χ0n) is 12.1. The molecule has 1 N–H and O–H groups in total. The topological polar surface area (TPSA) is 45.2 Å². The van der Waals surface area contributed by atoms with Gasteiger partial charge in [-0.05, 0) is 24.6 Å². The summed E-state index contributed by atoms with van der Waals surface area (Å²) in [5.74, 6) is -0.0656. The SMILES string of the molecule is CCCNc1ccc(Cl)cc1C(=O)N(C)Cc1cscn1. The van der Waals surface area contributed by atoms with Crippen LogP contribution in [-0.4, -0.2) is 29.4 Å². The minimum atomic E-state index is -0.0656. The minimum Gasteiger partial charge on any atom is -0.384 e. The van der Waals surface area contributed by atoms with Gasteiger partial charge < -0.3 is 10.2 Å². The summed E-state index contributed by atoms with van der Waals surface area (Å²) < 4.78 is 0. The van der Waals surface area contributed by atoms with Crippen LogP contribution in [0.4, 0.5) is 5.69 Å². The summed E-state index contributed by atoms with van der Waals surface area (Å²) in [7, 11) is 1.77. The first-order valence-electron chi connectivity index (χ1n) is 6.77. The maximum Gasteiger partial charge on any atom is 0.256 e. The standard InChI is InChI=1S/C15H18ClN3OS/c1-3-6-17-14-5-4-11(16)7-13(14)15(20)19(2)8-12-9-21-10-18-12/h4-5,7,9-10,17H,3,6,8H2,1-2H3. The number of halogens is 1. The van der Waals surface area contributed by atoms with Gasteiger partial charge in [-0.15, -0.1) is 11.3 Å². The van der Waals surface area contributed by atoms with E-state index in [0.29, 0.717) is 17.1 Å². The second kappa shape index (κ2) is 7.43. The van der Waals surface area contributed by atoms with E-state index in [-0.39, 0.29) is 5.91 Å². The fourth-order valence-corrected chi connectivity index (χ4v) is 2.66. The number of amides is 1. The van der Waals surface area contributed by atoms with Crippen LogP contribution in [0.25, 0.3) is 0 Å². The van der Waals surface area contributed by atoms with Gasteiger partial charge in [0.1, 0.15) is 0 Å². The molecule has 1 aromatic carbocycles. The molecule has 0 aliphatic rings. The Morgan fingerprint density at radius 2 is 2.29 bits per heavy atom. The molecular weight excluding hydrogens is 306 g/mol. The van der Waals surface area contributed by atoms with Crippen molar-refractivity contribution in [1.82, 2.24) is 9.88 Å². The molecule has 0 bridgehead atoms. The number of anilines is 1. The average Bonchev–Trinajstić information content (AvgIpc) is 2.98. The van der Waals surface area contributed by atoms with Gasteiger partial charge >= 0.3 is 0 Å². The number of carbonyl (C=O) groups is 1. The molecule has 6 heteroatoms. The van der Waals surface area contributed by atoms with Crippen molar-refractivity contribution in [1.29, 1.82) is 0 Å². The molecule has 0 aliphatic heterocycles. The van der Waals surface area contributed by atoms with E-state index in [4.69, 9.17) is 11.6 Å². The molecule has 1 aromatic heterocycles. The van der Waals surface area contributed by atoms with Gasteiger partial charge in [0, 0.05) is 29.7 Å². The van der Waals surface area contributed by atoms with Crippen LogP contribution in [0.15, 0.2) is 29.1 Å². The van der Waals surface area contributed by atoms with Gasteiger partial charge in [0.15, 0.2) is 0 Å². The zero-order chi connectivity index (χ0) is 15.2. The fourth-order valence-electron chi connectivity index (χ4n) is 1.94. The number of nitrogens with zero attached hydrogens (tertiary/aromatic N) is 2. The van der Waals surface area contributed by atoms with Crippen LogP contribution in [0.3, 0.4) is 0 Å². The van der Waals surface area contributed by atoms with Crippen LogP contribution in [0, 0.1) is 0 Å². The largest absolute Gasteiger partial charge is 0.384 e. The van der Waals surface area contributed by atoms with Crippen LogP contribution < -0.4 is 5.32 Å². The molecule has 0 unspecified atom stereocenters. The molecule has 2 aromatic rings. The van der Waals surface area contributed by atoms with E-state index >= 15 is 0 Å². The Hall–Kier alpha value is -1.59. The highest BCUT2D eigenvalue weighted by molar-refractivity contribution is 7.07. The Morgan fingerprint density at radius 3 is 2.95 bits per heavy atom. The fraction of sp³-hybridized carbons (Fsp3) is 0.333. The van der Waals surface area contributed by atoms with Crippen molar-refractivity contribution in [3.05, 3.63) is 45.4 Å². The maximum absolute atomic E-state index is 12.6. The molecule has 1 amide bonds. The number of rotatable bonds is 6. The summed E-state index contributed by atoms with van der Waals surface area (Å²) in [6.45, 7) is 3.39. The molecular formula is C15H18ClN3OS. The highest BCUT2D eigenvalue weighted by Crippen LogP contribution is 2.22. The monoisotopic (exact) mass is 323 g/mol. The van der Waals surface area contributed by atoms with E-state index in [1.165, 1.54) is 11.3 Å². The Kier molecular flexibility index (Phi) is 5.59. The normalized spacial score (nSPS) is 10.4. The quantitative estimate of drug-likeness (QED) is 0.877. The summed E-state index contributed by atoms with van der Waals surface area (Å²) in [4.78, 5) is 18.5. The predicted molar refractivity (Wildman–Crippen MR) is 88.1 cm³/mol. The first kappa shape index (κ1) is 15.8. The highest BCUT2D eigenvalue weighted by Gasteiger charge is 2.17. The Morgan fingerprint density at radius 1 is 1.48 bits per heavy atom. The molecule has 0 aliphatic carbocycles. The van der Waals surface area contributed by atoms with Crippen molar-refractivity contribution in [3.63, 3.8) is 0 Å². The van der Waals surface area contributed by atoms with E-state index in [0.717, 1.165) is 24.3 Å². The predicted octanol–water partition coefficient (Wildman–Crippen LogP) is 3.89. The van der Waals surface area contributed by atoms with Crippen LogP contribution in [0.1, 0.15) is 29.4 Å². The third-order valence-electron chi connectivity index (χ3n) is 3.01. The second-order valence-corrected chi connectivity index (χ2v) is 5.91. The van der Waals surface area contributed by atoms with Gasteiger partial charge in [-0.3, -0.25) is 4.79 Å². The number of aromatic nitrogens is 1. The third-order valence-corrected chi connectivity index (χ3v) is 3.88. The molecule has 0 spiro atoms. The lowest BCUT2D eigenvalue weighted by atomic mass is 10.1. The third kappa shape index (κ3) is 4.19. The number of carbonyl (C=O) groups excluding carboxylic acids is 1. The Labute approximate surface area is 133 Å². The van der Waals surface area contributed by atoms with Gasteiger partial charge in [0.05, 0.1) is 23.3 Å². The van der Waals surface area contributed by atoms with E-state index < -0.39 is 0 Å². The summed E-state index contributed by atoms with van der Waals surface area (Å²) in [5, 5.41) is 5.77. The number of benzene rings is 1. The van der Waals surface area contributed by atoms with Crippen LogP contribution >= 0.6 is 22.9 Å². The number of hydrogen-bond acceptors (Lipinski definition) is 4. The second-order valence-electron chi connectivity index (χ2n) is 4.76. The molecule has 0 radical (unpaired) electrons. The molecule has 4 nitrogen and oxygen atoms in total. The lowest BCUT2D eigenvalue weighted by Gasteiger charge is -2.19. The summed E-state index contributed by atoms with van der Waals surface area (Å²) in [6, 6.07) is 5.35.